The quantitative estimate of drug-likeness (QED) is 0.170. The lowest BCUT2D eigenvalue weighted by Crippen LogP contribution is -2.00. The van der Waals surface area contributed by atoms with Gasteiger partial charge in [0.25, 0.3) is 0 Å². The summed E-state index contributed by atoms with van der Waals surface area (Å²) in [7, 11) is 0. The van der Waals surface area contributed by atoms with Crippen LogP contribution in [0.4, 0.5) is 0 Å². The lowest BCUT2D eigenvalue weighted by atomic mass is 9.96. The van der Waals surface area contributed by atoms with Crippen LogP contribution >= 0.6 is 0 Å². The molecule has 0 aliphatic heterocycles. The van der Waals surface area contributed by atoms with E-state index >= 15 is 0 Å². The molecule has 0 saturated carbocycles. The smallest absolute Gasteiger partial charge is 0.164 e. The highest BCUT2D eigenvalue weighted by atomic mass is 15.0. The fourth-order valence-electron chi connectivity index (χ4n) is 6.98. The molecule has 0 fully saturated rings. The first-order valence-corrected chi connectivity index (χ1v) is 17.2. The van der Waals surface area contributed by atoms with Crippen LogP contribution < -0.4 is 0 Å². The molecule has 6 nitrogen and oxygen atoms in total. The highest BCUT2D eigenvalue weighted by Crippen LogP contribution is 2.38. The summed E-state index contributed by atoms with van der Waals surface area (Å²) in [5.41, 5.74) is 9.29. The Kier molecular flexibility index (Phi) is 7.03. The van der Waals surface area contributed by atoms with E-state index in [1.54, 1.807) is 0 Å². The van der Waals surface area contributed by atoms with E-state index < -0.39 is 0 Å². The molecule has 4 aromatic heterocycles. The van der Waals surface area contributed by atoms with Gasteiger partial charge in [-0.1, -0.05) is 152 Å². The van der Waals surface area contributed by atoms with Gasteiger partial charge in [0.15, 0.2) is 17.5 Å². The SMILES string of the molecule is c1ccc(-c2ccc3ccc4c(ncc5c(-c6ccc(-c7nc(-c8ccccc8)nc(-c8ccccc8)n7)cc6)nc6ccccc6c54)c3n2)cc1. The average molecular weight is 665 g/mol. The zero-order valence-corrected chi connectivity index (χ0v) is 27.8. The lowest BCUT2D eigenvalue weighted by molar-refractivity contribution is 1.07. The maximum atomic E-state index is 5.21. The highest BCUT2D eigenvalue weighted by Gasteiger charge is 2.17. The number of fused-ring (bicyclic) bond motifs is 7. The topological polar surface area (TPSA) is 77.3 Å². The molecule has 6 aromatic carbocycles. The minimum absolute atomic E-state index is 0.609. The van der Waals surface area contributed by atoms with E-state index in [0.717, 1.165) is 82.7 Å². The maximum absolute atomic E-state index is 5.21. The summed E-state index contributed by atoms with van der Waals surface area (Å²) in [6.07, 6.45) is 1.96. The lowest BCUT2D eigenvalue weighted by Gasteiger charge is -2.14. The van der Waals surface area contributed by atoms with Crippen LogP contribution in [0.2, 0.25) is 0 Å². The molecule has 6 heteroatoms. The van der Waals surface area contributed by atoms with Crippen LogP contribution in [-0.4, -0.2) is 29.9 Å². The Morgan fingerprint density at radius 1 is 0.327 bits per heavy atom. The van der Waals surface area contributed by atoms with Gasteiger partial charge in [-0.25, -0.2) is 24.9 Å². The molecule has 0 saturated heterocycles. The second-order valence-corrected chi connectivity index (χ2v) is 12.7. The highest BCUT2D eigenvalue weighted by molar-refractivity contribution is 6.24. The van der Waals surface area contributed by atoms with Crippen LogP contribution in [0.1, 0.15) is 0 Å². The van der Waals surface area contributed by atoms with Crippen molar-refractivity contribution in [3.8, 4) is 56.7 Å². The number of aromatic nitrogens is 6. The van der Waals surface area contributed by atoms with E-state index in [1.807, 2.05) is 91.1 Å². The van der Waals surface area contributed by atoms with Crippen LogP contribution in [0.3, 0.4) is 0 Å². The van der Waals surface area contributed by atoms with Gasteiger partial charge in [-0.2, -0.15) is 0 Å². The Morgan fingerprint density at radius 3 is 1.52 bits per heavy atom. The largest absolute Gasteiger partial charge is 0.253 e. The number of hydrogen-bond donors (Lipinski definition) is 0. The van der Waals surface area contributed by atoms with Gasteiger partial charge in [-0.05, 0) is 12.1 Å². The summed E-state index contributed by atoms with van der Waals surface area (Å²) in [5, 5.41) is 5.27. The number of benzene rings is 6. The Bertz CT molecular complexity index is 2870. The molecule has 0 amide bonds. The molecule has 10 aromatic rings. The molecule has 242 valence electrons. The summed E-state index contributed by atoms with van der Waals surface area (Å²) in [6, 6.07) is 55.5. The molecule has 0 radical (unpaired) electrons. The first-order valence-electron chi connectivity index (χ1n) is 17.2. The molecule has 0 bridgehead atoms. The van der Waals surface area contributed by atoms with Crippen molar-refractivity contribution in [1.82, 2.24) is 29.9 Å². The maximum Gasteiger partial charge on any atom is 0.164 e. The van der Waals surface area contributed by atoms with Crippen molar-refractivity contribution in [2.75, 3.05) is 0 Å². The molecule has 10 rings (SSSR count). The van der Waals surface area contributed by atoms with Crippen LogP contribution in [-0.2, 0) is 0 Å². The van der Waals surface area contributed by atoms with Crippen LogP contribution in [0, 0.1) is 0 Å². The molecule has 0 atom stereocenters. The molecule has 0 aliphatic rings. The third-order valence-corrected chi connectivity index (χ3v) is 9.54. The zero-order valence-electron chi connectivity index (χ0n) is 27.8. The van der Waals surface area contributed by atoms with Crippen molar-refractivity contribution >= 4 is 43.5 Å². The van der Waals surface area contributed by atoms with E-state index in [9.17, 15) is 0 Å². The average Bonchev–Trinajstić information content (AvgIpc) is 3.23. The fourth-order valence-corrected chi connectivity index (χ4v) is 6.98. The van der Waals surface area contributed by atoms with Gasteiger partial charge < -0.3 is 0 Å². The van der Waals surface area contributed by atoms with Gasteiger partial charge in [0, 0.05) is 60.9 Å². The van der Waals surface area contributed by atoms with E-state index in [0.29, 0.717) is 17.5 Å². The van der Waals surface area contributed by atoms with E-state index in [-0.39, 0.29) is 0 Å². The Morgan fingerprint density at radius 2 is 0.865 bits per heavy atom. The normalized spacial score (nSPS) is 11.5. The van der Waals surface area contributed by atoms with Gasteiger partial charge in [0.2, 0.25) is 0 Å². The number of para-hydroxylation sites is 1. The van der Waals surface area contributed by atoms with Crippen molar-refractivity contribution in [2.45, 2.75) is 0 Å². The monoisotopic (exact) mass is 664 g/mol. The predicted molar refractivity (Wildman–Crippen MR) is 210 cm³/mol. The molecule has 52 heavy (non-hydrogen) atoms. The van der Waals surface area contributed by atoms with Crippen LogP contribution in [0.25, 0.3) is 100 Å². The standard InChI is InChI=1S/C46H28N6/c1-4-12-29(13-5-1)38-27-25-31-24-26-36-40-35-18-10-11-19-39(35)49-41(37(40)28-47-43(36)42(31)48-38)30-20-22-34(23-21-30)46-51-44(32-14-6-2-7-15-32)50-45(52-46)33-16-8-3-9-17-33/h1-28H. The third kappa shape index (κ3) is 5.13. The summed E-state index contributed by atoms with van der Waals surface area (Å²) >= 11 is 0. The molecule has 0 aliphatic carbocycles. The summed E-state index contributed by atoms with van der Waals surface area (Å²) < 4.78 is 0. The first-order chi connectivity index (χ1) is 25.8. The van der Waals surface area contributed by atoms with Gasteiger partial charge in [-0.3, -0.25) is 4.98 Å². The van der Waals surface area contributed by atoms with Crippen molar-refractivity contribution in [3.63, 3.8) is 0 Å². The second-order valence-electron chi connectivity index (χ2n) is 12.7. The van der Waals surface area contributed by atoms with Gasteiger partial charge >= 0.3 is 0 Å². The van der Waals surface area contributed by atoms with Crippen molar-refractivity contribution < 1.29 is 0 Å². The Balaban J connectivity index is 1.13. The van der Waals surface area contributed by atoms with Gasteiger partial charge in [0.1, 0.15) is 0 Å². The van der Waals surface area contributed by atoms with Crippen molar-refractivity contribution in [2.24, 2.45) is 0 Å². The third-order valence-electron chi connectivity index (χ3n) is 9.54. The van der Waals surface area contributed by atoms with Crippen LogP contribution in [0.15, 0.2) is 170 Å². The molecular formula is C46H28N6. The number of nitrogens with zero attached hydrogens (tertiary/aromatic N) is 6. The van der Waals surface area contributed by atoms with Crippen molar-refractivity contribution in [3.05, 3.63) is 170 Å². The summed E-state index contributed by atoms with van der Waals surface area (Å²) in [4.78, 5) is 30.1. The Hall–Kier alpha value is -7.18. The Labute approximate surface area is 299 Å². The number of rotatable bonds is 5. The minimum Gasteiger partial charge on any atom is -0.253 e. The first kappa shape index (κ1) is 29.7. The number of hydrogen-bond acceptors (Lipinski definition) is 6. The second kappa shape index (κ2) is 12.3. The van der Waals surface area contributed by atoms with E-state index in [2.05, 4.69) is 78.9 Å². The van der Waals surface area contributed by atoms with Gasteiger partial charge in [0.05, 0.1) is 27.9 Å². The van der Waals surface area contributed by atoms with Crippen molar-refractivity contribution in [1.29, 1.82) is 0 Å². The molecular weight excluding hydrogens is 637 g/mol. The molecule has 0 N–H and O–H groups in total. The minimum atomic E-state index is 0.609. The molecule has 4 heterocycles. The summed E-state index contributed by atoms with van der Waals surface area (Å²) in [5.74, 6) is 1.87. The van der Waals surface area contributed by atoms with Gasteiger partial charge in [-0.15, -0.1) is 0 Å². The molecule has 0 unspecified atom stereocenters. The zero-order chi connectivity index (χ0) is 34.4. The number of pyridine rings is 3. The summed E-state index contributed by atoms with van der Waals surface area (Å²) in [6.45, 7) is 0. The van der Waals surface area contributed by atoms with E-state index in [4.69, 9.17) is 29.9 Å². The van der Waals surface area contributed by atoms with E-state index in [1.165, 1.54) is 0 Å². The molecule has 0 spiro atoms. The van der Waals surface area contributed by atoms with Crippen LogP contribution in [0.5, 0.6) is 0 Å². The predicted octanol–water partition coefficient (Wildman–Crippen LogP) is 11.0. The fraction of sp³-hybridized carbons (Fsp3) is 0.